The van der Waals surface area contributed by atoms with Gasteiger partial charge in [0.05, 0.1) is 0 Å². The predicted octanol–water partition coefficient (Wildman–Crippen LogP) is 4.32. The maximum Gasteiger partial charge on any atom is 0.0491 e. The first kappa shape index (κ1) is 11.7. The summed E-state index contributed by atoms with van der Waals surface area (Å²) in [4.78, 5) is 2.46. The van der Waals surface area contributed by atoms with E-state index in [1.807, 2.05) is 42.5 Å². The van der Waals surface area contributed by atoms with Gasteiger partial charge in [0.15, 0.2) is 0 Å². The van der Waals surface area contributed by atoms with Crippen LogP contribution < -0.4 is 5.73 Å². The zero-order valence-electron chi connectivity index (χ0n) is 9.69. The number of thioether (sulfide) groups is 1. The van der Waals surface area contributed by atoms with Crippen molar-refractivity contribution in [2.45, 2.75) is 11.3 Å². The molecule has 0 amide bonds. The quantitative estimate of drug-likeness (QED) is 0.838. The fourth-order valence-electron chi connectivity index (χ4n) is 2.06. The lowest BCUT2D eigenvalue weighted by Crippen LogP contribution is -1.99. The average molecular weight is 274 g/mol. The van der Waals surface area contributed by atoms with Crippen molar-refractivity contribution >= 4 is 29.1 Å². The van der Waals surface area contributed by atoms with Gasteiger partial charge >= 0.3 is 0 Å². The Morgan fingerprint density at radius 2 is 1.89 bits per heavy atom. The Morgan fingerprint density at radius 1 is 1.11 bits per heavy atom. The van der Waals surface area contributed by atoms with Crippen LogP contribution in [-0.4, -0.2) is 0 Å². The number of allylic oxidation sites excluding steroid dienone is 1. The van der Waals surface area contributed by atoms with Crippen LogP contribution in [0.15, 0.2) is 58.3 Å². The van der Waals surface area contributed by atoms with E-state index in [4.69, 9.17) is 17.3 Å². The van der Waals surface area contributed by atoms with Crippen molar-refractivity contribution < 1.29 is 0 Å². The standard InChI is InChI=1S/C15H12ClNS/c16-12-6-7-13-11(8-12)9-14(18-13)15(17)10-4-2-1-3-5-10/h1-8H,9,17H2/b15-14+. The summed E-state index contributed by atoms with van der Waals surface area (Å²) in [5, 5.41) is 0.786. The van der Waals surface area contributed by atoms with Crippen LogP contribution in [0, 0.1) is 0 Å². The number of rotatable bonds is 1. The highest BCUT2D eigenvalue weighted by atomic mass is 35.5. The molecule has 1 nitrogen and oxygen atoms in total. The third-order valence-electron chi connectivity index (χ3n) is 2.99. The molecule has 18 heavy (non-hydrogen) atoms. The highest BCUT2D eigenvalue weighted by Gasteiger charge is 2.19. The van der Waals surface area contributed by atoms with Crippen molar-refractivity contribution in [2.75, 3.05) is 0 Å². The van der Waals surface area contributed by atoms with Gasteiger partial charge in [0.1, 0.15) is 0 Å². The summed E-state index contributed by atoms with van der Waals surface area (Å²) in [7, 11) is 0. The number of halogens is 1. The molecule has 1 aliphatic heterocycles. The minimum absolute atomic E-state index is 0.786. The van der Waals surface area contributed by atoms with Gasteiger partial charge in [-0.2, -0.15) is 0 Å². The molecule has 0 fully saturated rings. The molecule has 0 spiro atoms. The minimum atomic E-state index is 0.786. The van der Waals surface area contributed by atoms with Gasteiger partial charge in [-0.3, -0.25) is 0 Å². The van der Waals surface area contributed by atoms with E-state index < -0.39 is 0 Å². The zero-order valence-corrected chi connectivity index (χ0v) is 11.3. The molecule has 2 aromatic rings. The summed E-state index contributed by atoms with van der Waals surface area (Å²) in [6.45, 7) is 0. The Kier molecular flexibility index (Phi) is 3.06. The topological polar surface area (TPSA) is 26.0 Å². The lowest BCUT2D eigenvalue weighted by molar-refractivity contribution is 1.20. The molecule has 0 aliphatic carbocycles. The molecule has 0 saturated carbocycles. The van der Waals surface area contributed by atoms with Crippen molar-refractivity contribution in [1.82, 2.24) is 0 Å². The van der Waals surface area contributed by atoms with E-state index >= 15 is 0 Å². The third kappa shape index (κ3) is 2.14. The molecule has 0 radical (unpaired) electrons. The highest BCUT2D eigenvalue weighted by Crippen LogP contribution is 2.43. The van der Waals surface area contributed by atoms with Gasteiger partial charge in [-0.25, -0.2) is 0 Å². The Bertz CT molecular complexity index is 620. The molecule has 1 heterocycles. The second kappa shape index (κ2) is 4.71. The fourth-order valence-corrected chi connectivity index (χ4v) is 3.37. The smallest absolute Gasteiger partial charge is 0.0491 e. The third-order valence-corrected chi connectivity index (χ3v) is 4.46. The summed E-state index contributed by atoms with van der Waals surface area (Å²) in [5.41, 5.74) is 9.46. The van der Waals surface area contributed by atoms with Crippen LogP contribution in [0.2, 0.25) is 5.02 Å². The fraction of sp³-hybridized carbons (Fsp3) is 0.0667. The largest absolute Gasteiger partial charge is 0.398 e. The monoisotopic (exact) mass is 273 g/mol. The first-order chi connectivity index (χ1) is 8.74. The van der Waals surface area contributed by atoms with Gasteiger partial charge in [0.25, 0.3) is 0 Å². The Labute approximate surface area is 116 Å². The van der Waals surface area contributed by atoms with Crippen molar-refractivity contribution in [3.05, 3.63) is 69.6 Å². The highest BCUT2D eigenvalue weighted by molar-refractivity contribution is 8.03. The normalized spacial score (nSPS) is 16.5. The van der Waals surface area contributed by atoms with Crippen molar-refractivity contribution in [3.63, 3.8) is 0 Å². The SMILES string of the molecule is N/C(=C1\Cc2cc(Cl)ccc2S1)c1ccccc1. The molecular weight excluding hydrogens is 262 g/mol. The maximum absolute atomic E-state index is 6.24. The van der Waals surface area contributed by atoms with Crippen LogP contribution in [0.3, 0.4) is 0 Å². The van der Waals surface area contributed by atoms with Crippen LogP contribution in [-0.2, 0) is 6.42 Å². The predicted molar refractivity (Wildman–Crippen MR) is 78.6 cm³/mol. The van der Waals surface area contributed by atoms with Crippen LogP contribution in [0.5, 0.6) is 0 Å². The van der Waals surface area contributed by atoms with E-state index in [1.165, 1.54) is 15.4 Å². The minimum Gasteiger partial charge on any atom is -0.398 e. The number of hydrogen-bond donors (Lipinski definition) is 1. The lowest BCUT2D eigenvalue weighted by atomic mass is 10.1. The van der Waals surface area contributed by atoms with E-state index in [2.05, 4.69) is 6.07 Å². The molecule has 2 N–H and O–H groups in total. The average Bonchev–Trinajstić information content (AvgIpc) is 2.81. The molecule has 0 aromatic heterocycles. The molecule has 0 bridgehead atoms. The summed E-state index contributed by atoms with van der Waals surface area (Å²) < 4.78 is 0. The zero-order chi connectivity index (χ0) is 12.5. The van der Waals surface area contributed by atoms with E-state index in [1.54, 1.807) is 11.8 Å². The van der Waals surface area contributed by atoms with Gasteiger partial charge in [-0.05, 0) is 29.3 Å². The molecule has 1 aliphatic rings. The molecule has 3 heteroatoms. The number of benzene rings is 2. The van der Waals surface area contributed by atoms with Crippen LogP contribution in [0.1, 0.15) is 11.1 Å². The summed E-state index contributed by atoms with van der Waals surface area (Å²) in [6, 6.07) is 16.1. The first-order valence-corrected chi connectivity index (χ1v) is 6.94. The van der Waals surface area contributed by atoms with Crippen molar-refractivity contribution in [1.29, 1.82) is 0 Å². The molecule has 0 saturated heterocycles. The van der Waals surface area contributed by atoms with E-state index in [0.29, 0.717) is 0 Å². The van der Waals surface area contributed by atoms with Crippen LogP contribution in [0.4, 0.5) is 0 Å². The lowest BCUT2D eigenvalue weighted by Gasteiger charge is -2.04. The van der Waals surface area contributed by atoms with Gasteiger partial charge in [-0.15, -0.1) is 0 Å². The van der Waals surface area contributed by atoms with E-state index in [9.17, 15) is 0 Å². The molecule has 90 valence electrons. The van der Waals surface area contributed by atoms with Crippen LogP contribution in [0.25, 0.3) is 5.70 Å². The second-order valence-electron chi connectivity index (χ2n) is 4.23. The van der Waals surface area contributed by atoms with E-state index in [-0.39, 0.29) is 0 Å². The molecule has 0 atom stereocenters. The summed E-state index contributed by atoms with van der Waals surface area (Å²) >= 11 is 7.75. The Balaban J connectivity index is 1.98. The summed E-state index contributed by atoms with van der Waals surface area (Å²) in [6.07, 6.45) is 0.876. The molecule has 2 aromatic carbocycles. The van der Waals surface area contributed by atoms with E-state index in [0.717, 1.165) is 22.7 Å². The van der Waals surface area contributed by atoms with Gasteiger partial charge in [0.2, 0.25) is 0 Å². The van der Waals surface area contributed by atoms with Gasteiger partial charge < -0.3 is 5.73 Å². The number of nitrogens with two attached hydrogens (primary N) is 1. The number of hydrogen-bond acceptors (Lipinski definition) is 2. The second-order valence-corrected chi connectivity index (χ2v) is 5.81. The maximum atomic E-state index is 6.24. The van der Waals surface area contributed by atoms with Crippen molar-refractivity contribution in [3.8, 4) is 0 Å². The summed E-state index contributed by atoms with van der Waals surface area (Å²) in [5.74, 6) is 0. The Morgan fingerprint density at radius 3 is 2.67 bits per heavy atom. The molecular formula is C15H12ClNS. The molecule has 0 unspecified atom stereocenters. The number of fused-ring (bicyclic) bond motifs is 1. The molecule has 3 rings (SSSR count). The van der Waals surface area contributed by atoms with Crippen LogP contribution >= 0.6 is 23.4 Å². The van der Waals surface area contributed by atoms with Gasteiger partial charge in [0, 0.05) is 26.9 Å². The van der Waals surface area contributed by atoms with Crippen molar-refractivity contribution in [2.24, 2.45) is 5.73 Å². The Hall–Kier alpha value is -1.38. The first-order valence-electron chi connectivity index (χ1n) is 5.74. The van der Waals surface area contributed by atoms with Gasteiger partial charge in [-0.1, -0.05) is 53.7 Å².